The van der Waals surface area contributed by atoms with Gasteiger partial charge in [0, 0.05) is 18.2 Å². The second kappa shape index (κ2) is 7.68. The molecule has 2 aromatic carbocycles. The lowest BCUT2D eigenvalue weighted by Gasteiger charge is -2.09. The molecule has 24 heavy (non-hydrogen) atoms. The summed E-state index contributed by atoms with van der Waals surface area (Å²) in [6.45, 7) is 0. The number of para-hydroxylation sites is 1. The number of aldehydes is 1. The molecule has 0 fully saturated rings. The molecule has 0 amide bonds. The molecule has 0 aromatic heterocycles. The molecular weight excluding hydrogens is 314 g/mol. The first-order valence-electron chi connectivity index (χ1n) is 6.81. The highest BCUT2D eigenvalue weighted by Gasteiger charge is 2.13. The predicted molar refractivity (Wildman–Crippen MR) is 86.1 cm³/mol. The number of ether oxygens (including phenoxy) is 2. The van der Waals surface area contributed by atoms with Gasteiger partial charge in [0.15, 0.2) is 17.8 Å². The largest absolute Gasteiger partial charge is 0.493 e. The van der Waals surface area contributed by atoms with Crippen LogP contribution in [0, 0.1) is 10.1 Å². The number of hydrogen-bond donors (Lipinski definition) is 0. The molecule has 0 spiro atoms. The number of esters is 1. The molecule has 0 heterocycles. The van der Waals surface area contributed by atoms with Crippen molar-refractivity contribution >= 4 is 24.0 Å². The van der Waals surface area contributed by atoms with E-state index in [-0.39, 0.29) is 22.7 Å². The zero-order valence-corrected chi connectivity index (χ0v) is 12.7. The fourth-order valence-corrected chi connectivity index (χ4v) is 1.90. The van der Waals surface area contributed by atoms with Crippen molar-refractivity contribution in [2.24, 2.45) is 0 Å². The maximum atomic E-state index is 11.9. The van der Waals surface area contributed by atoms with Crippen LogP contribution in [0.1, 0.15) is 15.9 Å². The highest BCUT2D eigenvalue weighted by atomic mass is 16.6. The Morgan fingerprint density at radius 1 is 1.17 bits per heavy atom. The number of carbonyl (C=O) groups is 2. The Hall–Kier alpha value is -3.48. The number of benzene rings is 2. The van der Waals surface area contributed by atoms with Crippen molar-refractivity contribution in [1.29, 1.82) is 0 Å². The third-order valence-corrected chi connectivity index (χ3v) is 3.07. The molecule has 0 radical (unpaired) electrons. The third kappa shape index (κ3) is 4.04. The summed E-state index contributed by atoms with van der Waals surface area (Å²) in [6, 6.07) is 10.3. The first-order chi connectivity index (χ1) is 11.5. The Balaban J connectivity index is 2.13. The Bertz CT molecular complexity index is 795. The Morgan fingerprint density at radius 3 is 2.46 bits per heavy atom. The average Bonchev–Trinajstić information content (AvgIpc) is 2.60. The Morgan fingerprint density at radius 2 is 1.88 bits per heavy atom. The molecule has 0 N–H and O–H groups in total. The van der Waals surface area contributed by atoms with Crippen LogP contribution in [0.4, 0.5) is 5.69 Å². The van der Waals surface area contributed by atoms with E-state index in [1.165, 1.54) is 43.5 Å². The topological polar surface area (TPSA) is 95.7 Å². The standard InChI is InChI=1S/C17H13NO6/c1-23-15-4-2-3-13(11-19)17(15)24-16(20)10-7-12-5-8-14(9-6-12)18(21)22/h2-11H,1H3/b10-7+. The summed E-state index contributed by atoms with van der Waals surface area (Å²) in [7, 11) is 1.40. The number of nitro groups is 1. The molecule has 0 atom stereocenters. The first kappa shape index (κ1) is 16.9. The van der Waals surface area contributed by atoms with E-state index in [0.717, 1.165) is 6.08 Å². The van der Waals surface area contributed by atoms with Gasteiger partial charge in [-0.25, -0.2) is 4.79 Å². The van der Waals surface area contributed by atoms with Crippen LogP contribution in [0.25, 0.3) is 6.08 Å². The van der Waals surface area contributed by atoms with E-state index in [1.54, 1.807) is 12.1 Å². The van der Waals surface area contributed by atoms with Crippen LogP contribution in [0.15, 0.2) is 48.5 Å². The van der Waals surface area contributed by atoms with Crippen LogP contribution in [0.2, 0.25) is 0 Å². The van der Waals surface area contributed by atoms with Crippen molar-refractivity contribution in [3.63, 3.8) is 0 Å². The molecule has 0 saturated carbocycles. The van der Waals surface area contributed by atoms with Crippen LogP contribution in [0.5, 0.6) is 11.5 Å². The third-order valence-electron chi connectivity index (χ3n) is 3.07. The van der Waals surface area contributed by atoms with Gasteiger partial charge in [0.25, 0.3) is 5.69 Å². The summed E-state index contributed by atoms with van der Waals surface area (Å²) < 4.78 is 10.2. The molecule has 7 nitrogen and oxygen atoms in total. The Labute approximate surface area is 137 Å². The van der Waals surface area contributed by atoms with Crippen molar-refractivity contribution < 1.29 is 24.0 Å². The van der Waals surface area contributed by atoms with Crippen molar-refractivity contribution in [3.05, 3.63) is 69.8 Å². The lowest BCUT2D eigenvalue weighted by atomic mass is 10.2. The minimum absolute atomic E-state index is 0.0355. The lowest BCUT2D eigenvalue weighted by molar-refractivity contribution is -0.384. The van der Waals surface area contributed by atoms with E-state index in [2.05, 4.69) is 0 Å². The van der Waals surface area contributed by atoms with Crippen LogP contribution in [-0.4, -0.2) is 24.3 Å². The molecule has 0 saturated heterocycles. The monoisotopic (exact) mass is 327 g/mol. The number of carbonyl (C=O) groups excluding carboxylic acids is 2. The van der Waals surface area contributed by atoms with Gasteiger partial charge in [-0.15, -0.1) is 0 Å². The van der Waals surface area contributed by atoms with Gasteiger partial charge in [-0.1, -0.05) is 6.07 Å². The Kier molecular flexibility index (Phi) is 5.40. The zero-order valence-electron chi connectivity index (χ0n) is 12.7. The van der Waals surface area contributed by atoms with E-state index >= 15 is 0 Å². The van der Waals surface area contributed by atoms with Gasteiger partial charge >= 0.3 is 5.97 Å². The molecule has 2 aromatic rings. The van der Waals surface area contributed by atoms with E-state index in [9.17, 15) is 19.7 Å². The number of methoxy groups -OCH3 is 1. The summed E-state index contributed by atoms with van der Waals surface area (Å²) in [4.78, 5) is 33.0. The second-order valence-electron chi connectivity index (χ2n) is 4.60. The fraction of sp³-hybridized carbons (Fsp3) is 0.0588. The van der Waals surface area contributed by atoms with Gasteiger partial charge in [-0.05, 0) is 35.9 Å². The van der Waals surface area contributed by atoms with E-state index < -0.39 is 10.9 Å². The smallest absolute Gasteiger partial charge is 0.336 e. The number of hydrogen-bond acceptors (Lipinski definition) is 6. The molecule has 0 aliphatic rings. The minimum Gasteiger partial charge on any atom is -0.493 e. The SMILES string of the molecule is COc1cccc(C=O)c1OC(=O)/C=C/c1ccc([N+](=O)[O-])cc1. The van der Waals surface area contributed by atoms with Crippen molar-refractivity contribution in [2.45, 2.75) is 0 Å². The molecule has 7 heteroatoms. The van der Waals surface area contributed by atoms with Gasteiger partial charge in [0.05, 0.1) is 17.6 Å². The van der Waals surface area contributed by atoms with E-state index in [1.807, 2.05) is 0 Å². The van der Waals surface area contributed by atoms with Crippen LogP contribution >= 0.6 is 0 Å². The van der Waals surface area contributed by atoms with Crippen molar-refractivity contribution in [2.75, 3.05) is 7.11 Å². The maximum Gasteiger partial charge on any atom is 0.336 e. The van der Waals surface area contributed by atoms with Crippen molar-refractivity contribution in [1.82, 2.24) is 0 Å². The highest BCUT2D eigenvalue weighted by Crippen LogP contribution is 2.30. The molecule has 0 aliphatic heterocycles. The average molecular weight is 327 g/mol. The van der Waals surface area contributed by atoms with Gasteiger partial charge in [-0.3, -0.25) is 14.9 Å². The zero-order chi connectivity index (χ0) is 17.5. The second-order valence-corrected chi connectivity index (χ2v) is 4.60. The van der Waals surface area contributed by atoms with E-state index in [4.69, 9.17) is 9.47 Å². The molecule has 0 aliphatic carbocycles. The molecule has 122 valence electrons. The van der Waals surface area contributed by atoms with Gasteiger partial charge in [0.1, 0.15) is 0 Å². The summed E-state index contributed by atoms with van der Waals surface area (Å²) in [5, 5.41) is 10.6. The van der Waals surface area contributed by atoms with E-state index in [0.29, 0.717) is 11.8 Å². The number of nitro benzene ring substituents is 1. The minimum atomic E-state index is -0.707. The van der Waals surface area contributed by atoms with Gasteiger partial charge < -0.3 is 9.47 Å². The summed E-state index contributed by atoms with van der Waals surface area (Å²) in [5.41, 5.74) is 0.735. The highest BCUT2D eigenvalue weighted by molar-refractivity contribution is 5.91. The first-order valence-corrected chi connectivity index (χ1v) is 6.81. The molecule has 2 rings (SSSR count). The number of rotatable bonds is 6. The predicted octanol–water partition coefficient (Wildman–Crippen LogP) is 3.03. The summed E-state index contributed by atoms with van der Waals surface area (Å²) in [5.74, 6) is -0.411. The fourth-order valence-electron chi connectivity index (χ4n) is 1.90. The van der Waals surface area contributed by atoms with Crippen LogP contribution in [-0.2, 0) is 4.79 Å². The van der Waals surface area contributed by atoms with Crippen molar-refractivity contribution in [3.8, 4) is 11.5 Å². The quantitative estimate of drug-likeness (QED) is 0.202. The summed E-state index contributed by atoms with van der Waals surface area (Å²) in [6.07, 6.45) is 3.16. The number of non-ortho nitro benzene ring substituents is 1. The number of nitrogens with zero attached hydrogens (tertiary/aromatic N) is 1. The normalized spacial score (nSPS) is 10.4. The van der Waals surface area contributed by atoms with Gasteiger partial charge in [-0.2, -0.15) is 0 Å². The molecule has 0 unspecified atom stereocenters. The van der Waals surface area contributed by atoms with Crippen LogP contribution in [0.3, 0.4) is 0 Å². The maximum absolute atomic E-state index is 11.9. The van der Waals surface area contributed by atoms with Crippen LogP contribution < -0.4 is 9.47 Å². The molecule has 0 bridgehead atoms. The summed E-state index contributed by atoms with van der Waals surface area (Å²) >= 11 is 0. The lowest BCUT2D eigenvalue weighted by Crippen LogP contribution is -2.07. The van der Waals surface area contributed by atoms with Gasteiger partial charge in [0.2, 0.25) is 0 Å². The molecular formula is C17H13NO6.